The van der Waals surface area contributed by atoms with E-state index in [0.29, 0.717) is 6.10 Å². The summed E-state index contributed by atoms with van der Waals surface area (Å²) in [4.78, 5) is 9.14. The molecule has 0 saturated carbocycles. The van der Waals surface area contributed by atoms with Gasteiger partial charge in [0.15, 0.2) is 0 Å². The molecule has 0 aromatic rings. The van der Waals surface area contributed by atoms with Crippen LogP contribution in [0.2, 0.25) is 0 Å². The van der Waals surface area contributed by atoms with E-state index in [9.17, 15) is 0 Å². The van der Waals surface area contributed by atoms with Crippen molar-refractivity contribution in [3.8, 4) is 0 Å². The molecule has 1 rings (SSSR count). The zero-order chi connectivity index (χ0) is 10.8. The fraction of sp³-hybridized carbons (Fsp3) is 0.700. The highest BCUT2D eigenvalue weighted by Crippen LogP contribution is 2.08. The van der Waals surface area contributed by atoms with Crippen molar-refractivity contribution in [1.82, 2.24) is 0 Å². The van der Waals surface area contributed by atoms with Gasteiger partial charge in [0, 0.05) is 6.61 Å². The largest absolute Gasteiger partial charge is 0.545 e. The maximum absolute atomic E-state index is 9.14. The monoisotopic (exact) mass is 201 g/mol. The highest BCUT2D eigenvalue weighted by Gasteiger charge is 2.21. The molecule has 0 bridgehead atoms. The van der Waals surface area contributed by atoms with Crippen molar-refractivity contribution in [2.75, 3.05) is 19.8 Å². The van der Waals surface area contributed by atoms with Gasteiger partial charge in [-0.25, -0.2) is 0 Å². The quantitative estimate of drug-likeness (QED) is 0.348. The van der Waals surface area contributed by atoms with Crippen LogP contribution < -0.4 is 5.11 Å². The number of carboxylic acid groups (broad SMARTS) is 1. The third kappa shape index (κ3) is 11.1. The van der Waals surface area contributed by atoms with Crippen LogP contribution in [0.25, 0.3) is 0 Å². The number of carbonyl (C=O) groups is 1. The van der Waals surface area contributed by atoms with E-state index in [0.717, 1.165) is 25.9 Å². The first kappa shape index (κ1) is 13.1. The third-order valence-corrected chi connectivity index (χ3v) is 1.52. The van der Waals surface area contributed by atoms with E-state index in [1.807, 2.05) is 0 Å². The summed E-state index contributed by atoms with van der Waals surface area (Å²) in [6.45, 7) is 7.68. The average molecular weight is 201 g/mol. The molecule has 14 heavy (non-hydrogen) atoms. The molecule has 1 aliphatic rings. The van der Waals surface area contributed by atoms with Crippen LogP contribution in [-0.4, -0.2) is 31.9 Å². The summed E-state index contributed by atoms with van der Waals surface area (Å²) in [5, 5.41) is 9.14. The van der Waals surface area contributed by atoms with E-state index in [2.05, 4.69) is 13.5 Å². The summed E-state index contributed by atoms with van der Waals surface area (Å²) in [6, 6.07) is 0. The lowest BCUT2D eigenvalue weighted by Crippen LogP contribution is -2.17. The lowest BCUT2D eigenvalue weighted by molar-refractivity contribution is -0.297. The Morgan fingerprint density at radius 3 is 2.71 bits per heavy atom. The molecule has 0 aromatic heterocycles. The molecule has 4 heteroatoms. The van der Waals surface area contributed by atoms with Crippen LogP contribution >= 0.6 is 0 Å². The fourth-order valence-electron chi connectivity index (χ4n) is 0.625. The molecular weight excluding hydrogens is 184 g/mol. The number of epoxide rings is 1. The summed E-state index contributed by atoms with van der Waals surface area (Å²) in [5.74, 6) is -1.23. The van der Waals surface area contributed by atoms with Gasteiger partial charge in [0.2, 0.25) is 0 Å². The first-order valence-electron chi connectivity index (χ1n) is 4.73. The minimum absolute atomic E-state index is 0.432. The molecule has 1 saturated heterocycles. The number of ether oxygens (including phenoxy) is 2. The Labute approximate surface area is 84.5 Å². The Morgan fingerprint density at radius 1 is 1.79 bits per heavy atom. The molecule has 4 nitrogen and oxygen atoms in total. The molecule has 0 N–H and O–H groups in total. The van der Waals surface area contributed by atoms with Crippen molar-refractivity contribution in [3.63, 3.8) is 0 Å². The topological polar surface area (TPSA) is 61.9 Å². The molecule has 0 spiro atoms. The van der Waals surface area contributed by atoms with E-state index in [1.165, 1.54) is 12.8 Å². The molecule has 0 radical (unpaired) electrons. The Bertz CT molecular complexity index is 164. The summed E-state index contributed by atoms with van der Waals surface area (Å²) in [5.41, 5.74) is 0. The van der Waals surface area contributed by atoms with Gasteiger partial charge in [0.05, 0.1) is 19.2 Å². The van der Waals surface area contributed by atoms with Crippen LogP contribution in [-0.2, 0) is 14.3 Å². The van der Waals surface area contributed by atoms with E-state index in [4.69, 9.17) is 19.4 Å². The minimum atomic E-state index is -1.23. The lowest BCUT2D eigenvalue weighted by atomic mass is 10.4. The molecule has 0 aliphatic carbocycles. The molecule has 0 aromatic carbocycles. The van der Waals surface area contributed by atoms with Crippen LogP contribution in [0.1, 0.15) is 19.8 Å². The SMILES string of the molecule is C=CC(=O)[O-].CCCCOCC1CO1. The summed E-state index contributed by atoms with van der Waals surface area (Å²) in [7, 11) is 0. The van der Waals surface area contributed by atoms with Gasteiger partial charge in [-0.05, 0) is 12.5 Å². The second-order valence-electron chi connectivity index (χ2n) is 2.91. The second kappa shape index (κ2) is 8.72. The molecule has 1 fully saturated rings. The number of rotatable bonds is 6. The molecule has 1 atom stereocenters. The second-order valence-corrected chi connectivity index (χ2v) is 2.91. The van der Waals surface area contributed by atoms with Crippen LogP contribution in [0.3, 0.4) is 0 Å². The van der Waals surface area contributed by atoms with Crippen molar-refractivity contribution < 1.29 is 19.4 Å². The summed E-state index contributed by atoms with van der Waals surface area (Å²) < 4.78 is 10.2. The Hall–Kier alpha value is -0.870. The number of carboxylic acids is 1. The number of carbonyl (C=O) groups excluding carboxylic acids is 1. The lowest BCUT2D eigenvalue weighted by Gasteiger charge is -1.97. The number of hydrogen-bond acceptors (Lipinski definition) is 4. The van der Waals surface area contributed by atoms with Gasteiger partial charge < -0.3 is 19.4 Å². The van der Waals surface area contributed by atoms with Crippen molar-refractivity contribution in [2.24, 2.45) is 0 Å². The van der Waals surface area contributed by atoms with Gasteiger partial charge in [0.1, 0.15) is 6.10 Å². The van der Waals surface area contributed by atoms with Gasteiger partial charge in [0.25, 0.3) is 0 Å². The van der Waals surface area contributed by atoms with Crippen LogP contribution in [0.15, 0.2) is 12.7 Å². The van der Waals surface area contributed by atoms with Crippen molar-refractivity contribution >= 4 is 5.97 Å². The van der Waals surface area contributed by atoms with Crippen molar-refractivity contribution in [2.45, 2.75) is 25.9 Å². The van der Waals surface area contributed by atoms with E-state index in [-0.39, 0.29) is 0 Å². The smallest absolute Gasteiger partial charge is 0.104 e. The Morgan fingerprint density at radius 2 is 2.36 bits per heavy atom. The van der Waals surface area contributed by atoms with Crippen molar-refractivity contribution in [1.29, 1.82) is 0 Å². The van der Waals surface area contributed by atoms with Crippen LogP contribution in [0.4, 0.5) is 0 Å². The van der Waals surface area contributed by atoms with Gasteiger partial charge >= 0.3 is 0 Å². The predicted octanol–water partition coefficient (Wildman–Crippen LogP) is 0.124. The fourth-order valence-corrected chi connectivity index (χ4v) is 0.625. The van der Waals surface area contributed by atoms with Gasteiger partial charge in [-0.1, -0.05) is 19.9 Å². The zero-order valence-corrected chi connectivity index (χ0v) is 8.53. The summed E-state index contributed by atoms with van der Waals surface area (Å²) in [6.07, 6.45) is 3.54. The highest BCUT2D eigenvalue weighted by atomic mass is 16.6. The van der Waals surface area contributed by atoms with Crippen molar-refractivity contribution in [3.05, 3.63) is 12.7 Å². The molecule has 1 unspecified atom stereocenters. The normalized spacial score (nSPS) is 17.9. The molecule has 0 amide bonds. The summed E-state index contributed by atoms with van der Waals surface area (Å²) >= 11 is 0. The predicted molar refractivity (Wildman–Crippen MR) is 50.7 cm³/mol. The van der Waals surface area contributed by atoms with Gasteiger partial charge in [-0.15, -0.1) is 0 Å². The highest BCUT2D eigenvalue weighted by molar-refractivity contribution is 5.76. The average Bonchev–Trinajstić information content (AvgIpc) is 2.97. The van der Waals surface area contributed by atoms with E-state index >= 15 is 0 Å². The maximum atomic E-state index is 9.14. The zero-order valence-electron chi connectivity index (χ0n) is 8.53. The Kier molecular flexibility index (Phi) is 8.17. The number of unbranched alkanes of at least 4 members (excludes halogenated alkanes) is 1. The first-order valence-corrected chi connectivity index (χ1v) is 4.73. The van der Waals surface area contributed by atoms with Crippen LogP contribution in [0, 0.1) is 0 Å². The first-order chi connectivity index (χ1) is 6.70. The van der Waals surface area contributed by atoms with E-state index in [1.54, 1.807) is 0 Å². The molecule has 82 valence electrons. The molecule has 1 aliphatic heterocycles. The number of aliphatic carboxylic acids is 1. The van der Waals surface area contributed by atoms with Gasteiger partial charge in [-0.2, -0.15) is 0 Å². The minimum Gasteiger partial charge on any atom is -0.545 e. The van der Waals surface area contributed by atoms with Gasteiger partial charge in [-0.3, -0.25) is 0 Å². The van der Waals surface area contributed by atoms with E-state index < -0.39 is 5.97 Å². The maximum Gasteiger partial charge on any atom is 0.104 e. The standard InChI is InChI=1S/C7H14O2.C3H4O2/c1-2-3-4-8-5-7-6-9-7;1-2-3(4)5/h7H,2-6H2,1H3;2H,1H2,(H,4,5)/p-1. The van der Waals surface area contributed by atoms with Crippen LogP contribution in [0.5, 0.6) is 0 Å². The molecule has 1 heterocycles. The Balaban J connectivity index is 0.000000292. The third-order valence-electron chi connectivity index (χ3n) is 1.52. The number of hydrogen-bond donors (Lipinski definition) is 0. The molecular formula is C10H17O4-.